The number of hydrogen-bond donors (Lipinski definition) is 0. The van der Waals surface area contributed by atoms with E-state index in [1.807, 2.05) is 50.2 Å². The fourth-order valence-electron chi connectivity index (χ4n) is 3.47. The highest BCUT2D eigenvalue weighted by molar-refractivity contribution is 7.17. The maximum atomic E-state index is 12.9. The lowest BCUT2D eigenvalue weighted by Crippen LogP contribution is -2.23. The maximum Gasteiger partial charge on any atom is 0.326 e. The zero-order chi connectivity index (χ0) is 22.7. The first-order valence-electron chi connectivity index (χ1n) is 10.5. The van der Waals surface area contributed by atoms with Crippen LogP contribution in [0, 0.1) is 0 Å². The predicted octanol–water partition coefficient (Wildman–Crippen LogP) is 4.95. The molecule has 7 heteroatoms. The molecule has 0 bridgehead atoms. The number of hydrogen-bond acceptors (Lipinski definition) is 5. The average molecular weight is 449 g/mol. The van der Waals surface area contributed by atoms with Gasteiger partial charge in [0.2, 0.25) is 0 Å². The Kier molecular flexibility index (Phi) is 6.37. The summed E-state index contributed by atoms with van der Waals surface area (Å²) >= 11 is 1.39. The first-order chi connectivity index (χ1) is 15.5. The second-order valence-corrected chi connectivity index (χ2v) is 8.50. The van der Waals surface area contributed by atoms with Crippen LogP contribution in [0.3, 0.4) is 0 Å². The van der Waals surface area contributed by atoms with E-state index >= 15 is 0 Å². The number of benzene rings is 3. The molecular formula is C25H24N2O4S. The number of carbonyl (C=O) groups excluding carboxylic acids is 2. The summed E-state index contributed by atoms with van der Waals surface area (Å²) in [6.07, 6.45) is 0.0523. The number of aromatic nitrogens is 1. The molecular weight excluding hydrogens is 424 g/mol. The summed E-state index contributed by atoms with van der Waals surface area (Å²) < 4.78 is 13.5. The van der Waals surface area contributed by atoms with Gasteiger partial charge in [-0.1, -0.05) is 41.7 Å². The van der Waals surface area contributed by atoms with Gasteiger partial charge in [-0.05, 0) is 56.5 Å². The standard InChI is InChI=1S/C25H24N2O4S/c1-4-30-22(28)15-27-21-14-11-17-7-5-6-8-20(17)23(21)32-25(27)26-24(29)18-9-12-19(13-10-18)31-16(2)3/h5-14,16H,4,15H2,1-3H3. The van der Waals surface area contributed by atoms with Crippen LogP contribution in [0.25, 0.3) is 21.0 Å². The van der Waals surface area contributed by atoms with E-state index in [1.165, 1.54) is 11.3 Å². The van der Waals surface area contributed by atoms with Gasteiger partial charge < -0.3 is 14.0 Å². The molecule has 0 saturated heterocycles. The highest BCUT2D eigenvalue weighted by Gasteiger charge is 2.15. The molecule has 0 radical (unpaired) electrons. The highest BCUT2D eigenvalue weighted by atomic mass is 32.1. The topological polar surface area (TPSA) is 69.9 Å². The molecule has 0 spiro atoms. The van der Waals surface area contributed by atoms with Gasteiger partial charge in [0.15, 0.2) is 4.80 Å². The summed E-state index contributed by atoms with van der Waals surface area (Å²) in [7, 11) is 0. The molecule has 1 amide bonds. The maximum absolute atomic E-state index is 12.9. The third kappa shape index (κ3) is 4.57. The molecule has 0 fully saturated rings. The molecule has 0 aliphatic carbocycles. The van der Waals surface area contributed by atoms with Gasteiger partial charge in [-0.15, -0.1) is 0 Å². The molecule has 1 aromatic heterocycles. The van der Waals surface area contributed by atoms with Crippen LogP contribution in [0.15, 0.2) is 65.7 Å². The van der Waals surface area contributed by atoms with Gasteiger partial charge in [0, 0.05) is 10.9 Å². The largest absolute Gasteiger partial charge is 0.491 e. The van der Waals surface area contributed by atoms with Crippen LogP contribution in [0.2, 0.25) is 0 Å². The van der Waals surface area contributed by atoms with Crippen LogP contribution in [0.4, 0.5) is 0 Å². The van der Waals surface area contributed by atoms with Crippen molar-refractivity contribution in [3.63, 3.8) is 0 Å². The van der Waals surface area contributed by atoms with Crippen molar-refractivity contribution in [2.45, 2.75) is 33.4 Å². The van der Waals surface area contributed by atoms with Crippen molar-refractivity contribution >= 4 is 44.2 Å². The molecule has 0 atom stereocenters. The Morgan fingerprint density at radius 3 is 2.50 bits per heavy atom. The van der Waals surface area contributed by atoms with Gasteiger partial charge in [0.05, 0.1) is 22.9 Å². The van der Waals surface area contributed by atoms with Crippen molar-refractivity contribution in [1.29, 1.82) is 0 Å². The summed E-state index contributed by atoms with van der Waals surface area (Å²) in [5.74, 6) is -0.0544. The quantitative estimate of drug-likeness (QED) is 0.392. The van der Waals surface area contributed by atoms with E-state index in [9.17, 15) is 9.59 Å². The van der Waals surface area contributed by atoms with Crippen LogP contribution in [-0.2, 0) is 16.1 Å². The molecule has 4 rings (SSSR count). The molecule has 0 saturated carbocycles. The zero-order valence-electron chi connectivity index (χ0n) is 18.2. The molecule has 3 aromatic carbocycles. The van der Waals surface area contributed by atoms with Gasteiger partial charge in [-0.3, -0.25) is 9.59 Å². The van der Waals surface area contributed by atoms with Crippen molar-refractivity contribution in [3.05, 3.63) is 71.0 Å². The van der Waals surface area contributed by atoms with Crippen molar-refractivity contribution < 1.29 is 19.1 Å². The van der Waals surface area contributed by atoms with E-state index in [1.54, 1.807) is 35.8 Å². The van der Waals surface area contributed by atoms with Crippen LogP contribution < -0.4 is 9.54 Å². The van der Waals surface area contributed by atoms with Gasteiger partial charge >= 0.3 is 5.97 Å². The molecule has 0 N–H and O–H groups in total. The monoisotopic (exact) mass is 448 g/mol. The minimum atomic E-state index is -0.380. The molecule has 0 unspecified atom stereocenters. The number of nitrogens with zero attached hydrogens (tertiary/aromatic N) is 2. The molecule has 164 valence electrons. The summed E-state index contributed by atoms with van der Waals surface area (Å²) in [6.45, 7) is 5.94. The summed E-state index contributed by atoms with van der Waals surface area (Å²) in [6, 6.07) is 18.9. The van der Waals surface area contributed by atoms with E-state index in [0.29, 0.717) is 22.7 Å². The van der Waals surface area contributed by atoms with E-state index in [4.69, 9.17) is 9.47 Å². The second-order valence-electron chi connectivity index (χ2n) is 7.52. The summed E-state index contributed by atoms with van der Waals surface area (Å²) in [4.78, 5) is 30.0. The smallest absolute Gasteiger partial charge is 0.326 e. The lowest BCUT2D eigenvalue weighted by molar-refractivity contribution is -0.143. The van der Waals surface area contributed by atoms with Gasteiger partial charge in [-0.25, -0.2) is 0 Å². The number of rotatable bonds is 6. The Morgan fingerprint density at radius 1 is 1.03 bits per heavy atom. The average Bonchev–Trinajstić information content (AvgIpc) is 3.11. The Labute approximate surface area is 189 Å². The minimum Gasteiger partial charge on any atom is -0.491 e. The third-order valence-corrected chi connectivity index (χ3v) is 5.96. The molecule has 1 heterocycles. The van der Waals surface area contributed by atoms with E-state index in [2.05, 4.69) is 4.99 Å². The third-order valence-electron chi connectivity index (χ3n) is 4.84. The Bertz CT molecular complexity index is 1350. The Morgan fingerprint density at radius 2 is 1.78 bits per heavy atom. The number of thiazole rings is 1. The van der Waals surface area contributed by atoms with Crippen molar-refractivity contribution in [2.24, 2.45) is 4.99 Å². The lowest BCUT2D eigenvalue weighted by Gasteiger charge is -2.09. The van der Waals surface area contributed by atoms with E-state index < -0.39 is 0 Å². The fraction of sp³-hybridized carbons (Fsp3) is 0.240. The van der Waals surface area contributed by atoms with Crippen molar-refractivity contribution in [2.75, 3.05) is 6.61 Å². The normalized spacial score (nSPS) is 11.9. The number of carbonyl (C=O) groups is 2. The zero-order valence-corrected chi connectivity index (χ0v) is 19.0. The number of fused-ring (bicyclic) bond motifs is 3. The van der Waals surface area contributed by atoms with Gasteiger partial charge in [0.25, 0.3) is 5.91 Å². The molecule has 0 aliphatic heterocycles. The Hall–Kier alpha value is -3.45. The number of esters is 1. The van der Waals surface area contributed by atoms with E-state index in [0.717, 1.165) is 21.0 Å². The lowest BCUT2D eigenvalue weighted by atomic mass is 10.1. The summed E-state index contributed by atoms with van der Waals surface area (Å²) in [5, 5.41) is 2.14. The van der Waals surface area contributed by atoms with Crippen LogP contribution >= 0.6 is 11.3 Å². The molecule has 4 aromatic rings. The molecule has 6 nitrogen and oxygen atoms in total. The molecule has 32 heavy (non-hydrogen) atoms. The second kappa shape index (κ2) is 9.36. The minimum absolute atomic E-state index is 0.0144. The SMILES string of the molecule is CCOC(=O)Cn1c(=NC(=O)c2ccc(OC(C)C)cc2)sc2c3ccccc3ccc21. The van der Waals surface area contributed by atoms with Gasteiger partial charge in [-0.2, -0.15) is 4.99 Å². The van der Waals surface area contributed by atoms with Crippen molar-refractivity contribution in [3.8, 4) is 5.75 Å². The van der Waals surface area contributed by atoms with Crippen molar-refractivity contribution in [1.82, 2.24) is 4.57 Å². The Balaban J connectivity index is 1.80. The predicted molar refractivity (Wildman–Crippen MR) is 126 cm³/mol. The van der Waals surface area contributed by atoms with Crippen LogP contribution in [-0.4, -0.2) is 29.2 Å². The summed E-state index contributed by atoms with van der Waals surface area (Å²) in [5.41, 5.74) is 1.29. The first-order valence-corrected chi connectivity index (χ1v) is 11.3. The number of amides is 1. The number of ether oxygens (including phenoxy) is 2. The molecule has 0 aliphatic rings. The van der Waals surface area contributed by atoms with Crippen LogP contribution in [0.5, 0.6) is 5.75 Å². The van der Waals surface area contributed by atoms with Gasteiger partial charge in [0.1, 0.15) is 12.3 Å². The first kappa shape index (κ1) is 21.8. The highest BCUT2D eigenvalue weighted by Crippen LogP contribution is 2.27. The van der Waals surface area contributed by atoms with Crippen LogP contribution in [0.1, 0.15) is 31.1 Å². The fourth-order valence-corrected chi connectivity index (χ4v) is 4.63. The van der Waals surface area contributed by atoms with E-state index in [-0.39, 0.29) is 24.5 Å².